The number of carbonyl (C=O) groups is 1. The van der Waals surface area contributed by atoms with Crippen LogP contribution in [-0.2, 0) is 17.6 Å². The number of benzene rings is 2. The average molecular weight is 312 g/mol. The van der Waals surface area contributed by atoms with Crippen LogP contribution >= 0.6 is 0 Å². The molecule has 3 rings (SSSR count). The third-order valence-corrected chi connectivity index (χ3v) is 4.35. The molecule has 120 valence electrons. The van der Waals surface area contributed by atoms with E-state index in [4.69, 9.17) is 9.47 Å². The first-order chi connectivity index (χ1) is 11.1. The highest BCUT2D eigenvalue weighted by Gasteiger charge is 2.30. The van der Waals surface area contributed by atoms with Crippen LogP contribution in [0.2, 0.25) is 0 Å². The molecule has 0 unspecified atom stereocenters. The number of hydrogen-bond acceptors (Lipinski definition) is 4. The first-order valence-corrected chi connectivity index (χ1v) is 7.73. The van der Waals surface area contributed by atoms with E-state index in [9.17, 15) is 9.90 Å². The second-order valence-electron chi connectivity index (χ2n) is 6.07. The van der Waals surface area contributed by atoms with Crippen molar-refractivity contribution in [3.63, 3.8) is 0 Å². The van der Waals surface area contributed by atoms with E-state index in [0.29, 0.717) is 17.9 Å². The Balaban J connectivity index is 1.88. The molecule has 2 aromatic carbocycles. The summed E-state index contributed by atoms with van der Waals surface area (Å²) in [5.74, 6) is 0.874. The Labute approximate surface area is 135 Å². The highest BCUT2D eigenvalue weighted by Crippen LogP contribution is 2.34. The second-order valence-corrected chi connectivity index (χ2v) is 6.07. The summed E-state index contributed by atoms with van der Waals surface area (Å²) in [6, 6.07) is 12.7. The summed E-state index contributed by atoms with van der Waals surface area (Å²) in [7, 11) is 1.56. The smallest absolute Gasteiger partial charge is 0.315 e. The summed E-state index contributed by atoms with van der Waals surface area (Å²) in [5.41, 5.74) is 2.05. The van der Waals surface area contributed by atoms with Gasteiger partial charge in [-0.2, -0.15) is 0 Å². The van der Waals surface area contributed by atoms with Crippen molar-refractivity contribution in [2.75, 3.05) is 7.11 Å². The molecule has 0 fully saturated rings. The first kappa shape index (κ1) is 15.4. The van der Waals surface area contributed by atoms with Crippen molar-refractivity contribution >= 4 is 5.97 Å². The molecule has 1 aliphatic heterocycles. The van der Waals surface area contributed by atoms with Crippen LogP contribution in [0, 0.1) is 11.8 Å². The second kappa shape index (κ2) is 6.32. The van der Waals surface area contributed by atoms with Crippen LogP contribution < -0.4 is 9.47 Å². The molecule has 0 aliphatic carbocycles. The largest absolute Gasteiger partial charge is 0.508 e. The molecule has 2 aromatic rings. The van der Waals surface area contributed by atoms with E-state index in [1.165, 1.54) is 0 Å². The van der Waals surface area contributed by atoms with Gasteiger partial charge in [-0.1, -0.05) is 25.1 Å². The van der Waals surface area contributed by atoms with Gasteiger partial charge in [-0.3, -0.25) is 4.79 Å². The topological polar surface area (TPSA) is 55.8 Å². The Morgan fingerprint density at radius 1 is 1.26 bits per heavy atom. The Bertz CT molecular complexity index is 723. The van der Waals surface area contributed by atoms with Crippen molar-refractivity contribution < 1.29 is 19.4 Å². The average Bonchev–Trinajstić information content (AvgIpc) is 2.52. The van der Waals surface area contributed by atoms with E-state index >= 15 is 0 Å². The highest BCUT2D eigenvalue weighted by atomic mass is 16.6. The van der Waals surface area contributed by atoms with Crippen LogP contribution in [0.1, 0.15) is 18.1 Å². The van der Waals surface area contributed by atoms with Crippen LogP contribution in [0.25, 0.3) is 0 Å². The van der Waals surface area contributed by atoms with Gasteiger partial charge in [0.1, 0.15) is 5.75 Å². The number of hydrogen-bond donors (Lipinski definition) is 1. The Morgan fingerprint density at radius 3 is 2.83 bits per heavy atom. The number of rotatable bonds is 3. The maximum atomic E-state index is 12.6. The molecule has 2 bridgehead atoms. The van der Waals surface area contributed by atoms with Gasteiger partial charge in [0.05, 0.1) is 13.0 Å². The van der Waals surface area contributed by atoms with Crippen molar-refractivity contribution in [1.82, 2.24) is 0 Å². The summed E-state index contributed by atoms with van der Waals surface area (Å²) in [4.78, 5) is 12.6. The molecule has 0 aromatic heterocycles. The molecular weight excluding hydrogens is 292 g/mol. The normalized spacial score (nSPS) is 20.3. The summed E-state index contributed by atoms with van der Waals surface area (Å²) in [5, 5.41) is 9.61. The van der Waals surface area contributed by atoms with Gasteiger partial charge in [-0.25, -0.2) is 0 Å². The number of phenols is 1. The molecule has 0 radical (unpaired) electrons. The van der Waals surface area contributed by atoms with Gasteiger partial charge in [0.25, 0.3) is 0 Å². The van der Waals surface area contributed by atoms with Crippen molar-refractivity contribution in [2.24, 2.45) is 11.8 Å². The van der Waals surface area contributed by atoms with Gasteiger partial charge in [0, 0.05) is 0 Å². The van der Waals surface area contributed by atoms with Crippen molar-refractivity contribution in [3.05, 3.63) is 53.6 Å². The summed E-state index contributed by atoms with van der Waals surface area (Å²) in [6.07, 6.45) is 1.34. The highest BCUT2D eigenvalue weighted by molar-refractivity contribution is 5.77. The van der Waals surface area contributed by atoms with E-state index in [1.54, 1.807) is 25.3 Å². The number of phenolic OH excluding ortho intramolecular Hbond substituents is 1. The lowest BCUT2D eigenvalue weighted by Crippen LogP contribution is -2.31. The minimum absolute atomic E-state index is 0.145. The van der Waals surface area contributed by atoms with E-state index in [1.807, 2.05) is 24.3 Å². The fourth-order valence-corrected chi connectivity index (χ4v) is 3.08. The third kappa shape index (κ3) is 3.31. The Hall–Kier alpha value is -2.49. The quantitative estimate of drug-likeness (QED) is 0.697. The predicted octanol–water partition coefficient (Wildman–Crippen LogP) is 3.36. The Kier molecular flexibility index (Phi) is 4.24. The van der Waals surface area contributed by atoms with E-state index in [0.717, 1.165) is 17.5 Å². The van der Waals surface area contributed by atoms with Gasteiger partial charge < -0.3 is 14.6 Å². The van der Waals surface area contributed by atoms with Gasteiger partial charge >= 0.3 is 5.97 Å². The molecule has 1 aliphatic rings. The van der Waals surface area contributed by atoms with Crippen LogP contribution in [0.15, 0.2) is 42.5 Å². The molecular formula is C19H20O4. The lowest BCUT2D eigenvalue weighted by atomic mass is 9.83. The molecule has 0 saturated carbocycles. The molecule has 1 N–H and O–H groups in total. The van der Waals surface area contributed by atoms with Gasteiger partial charge in [-0.15, -0.1) is 0 Å². The maximum Gasteiger partial charge on any atom is 0.315 e. The van der Waals surface area contributed by atoms with Crippen LogP contribution in [0.4, 0.5) is 0 Å². The lowest BCUT2D eigenvalue weighted by molar-refractivity contribution is -0.140. The summed E-state index contributed by atoms with van der Waals surface area (Å²) in [6.45, 7) is 2.06. The molecule has 0 saturated heterocycles. The monoisotopic (exact) mass is 312 g/mol. The van der Waals surface area contributed by atoms with E-state index in [-0.39, 0.29) is 23.6 Å². The molecule has 4 heteroatoms. The molecule has 4 nitrogen and oxygen atoms in total. The SMILES string of the molecule is COc1ccc2cc1OC(=O)[C@H](Cc1cccc(O)c1)[C@H](C)C2. The fourth-order valence-electron chi connectivity index (χ4n) is 3.08. The summed E-state index contributed by atoms with van der Waals surface area (Å²) < 4.78 is 10.8. The van der Waals surface area contributed by atoms with Crippen LogP contribution in [0.5, 0.6) is 17.2 Å². The van der Waals surface area contributed by atoms with E-state index < -0.39 is 0 Å². The fraction of sp³-hybridized carbons (Fsp3) is 0.316. The van der Waals surface area contributed by atoms with Crippen molar-refractivity contribution in [1.29, 1.82) is 0 Å². The number of esters is 1. The third-order valence-electron chi connectivity index (χ3n) is 4.35. The first-order valence-electron chi connectivity index (χ1n) is 7.73. The number of aromatic hydroxyl groups is 1. The van der Waals surface area contributed by atoms with Crippen LogP contribution in [-0.4, -0.2) is 18.2 Å². The number of fused-ring (bicyclic) bond motifs is 2. The minimum Gasteiger partial charge on any atom is -0.508 e. The zero-order chi connectivity index (χ0) is 16.4. The van der Waals surface area contributed by atoms with Gasteiger partial charge in [0.15, 0.2) is 11.5 Å². The molecule has 0 amide bonds. The number of methoxy groups -OCH3 is 1. The van der Waals surface area contributed by atoms with Gasteiger partial charge in [-0.05, 0) is 54.2 Å². The van der Waals surface area contributed by atoms with E-state index in [2.05, 4.69) is 6.92 Å². The molecule has 0 spiro atoms. The number of carbonyl (C=O) groups excluding carboxylic acids is 1. The van der Waals surface area contributed by atoms with Crippen molar-refractivity contribution in [3.8, 4) is 17.2 Å². The van der Waals surface area contributed by atoms with Crippen LogP contribution in [0.3, 0.4) is 0 Å². The molecule has 23 heavy (non-hydrogen) atoms. The lowest BCUT2D eigenvalue weighted by Gasteiger charge is -2.26. The molecule has 2 atom stereocenters. The zero-order valence-corrected chi connectivity index (χ0v) is 13.3. The molecule has 1 heterocycles. The minimum atomic E-state index is -0.264. The van der Waals surface area contributed by atoms with Gasteiger partial charge in [0.2, 0.25) is 0 Å². The number of ether oxygens (including phenoxy) is 2. The Morgan fingerprint density at radius 2 is 2.09 bits per heavy atom. The zero-order valence-electron chi connectivity index (χ0n) is 13.3. The summed E-state index contributed by atoms with van der Waals surface area (Å²) >= 11 is 0. The maximum absolute atomic E-state index is 12.6. The predicted molar refractivity (Wildman–Crippen MR) is 86.8 cm³/mol. The van der Waals surface area contributed by atoms with Crippen molar-refractivity contribution in [2.45, 2.75) is 19.8 Å². The standard InChI is InChI=1S/C19H20O4/c1-12-8-14-6-7-17(22-2)18(11-14)23-19(21)16(12)10-13-4-3-5-15(20)9-13/h3-7,9,11-12,16,20H,8,10H2,1-2H3/t12-,16-/m1/s1.